The Hall–Kier alpha value is -1.45. The van der Waals surface area contributed by atoms with Crippen molar-refractivity contribution in [1.82, 2.24) is 4.98 Å². The van der Waals surface area contributed by atoms with Crippen LogP contribution in [0.15, 0.2) is 12.3 Å². The number of ketones is 1. The number of ether oxygens (including phenoxy) is 1. The summed E-state index contributed by atoms with van der Waals surface area (Å²) in [6.07, 6.45) is 1.31. The Balaban J connectivity index is 3.12. The van der Waals surface area contributed by atoms with Gasteiger partial charge in [0.15, 0.2) is 11.6 Å². The quantitative estimate of drug-likeness (QED) is 0.628. The second-order valence-corrected chi connectivity index (χ2v) is 2.26. The minimum Gasteiger partial charge on any atom is -0.495 e. The zero-order chi connectivity index (χ0) is 9.14. The molecule has 1 aromatic heterocycles. The van der Waals surface area contributed by atoms with Crippen LogP contribution in [0.3, 0.4) is 0 Å². The third-order valence-corrected chi connectivity index (χ3v) is 1.39. The Morgan fingerprint density at radius 1 is 1.67 bits per heavy atom. The van der Waals surface area contributed by atoms with Crippen LogP contribution in [-0.4, -0.2) is 17.9 Å². The van der Waals surface area contributed by atoms with Gasteiger partial charge in [0.25, 0.3) is 0 Å². The van der Waals surface area contributed by atoms with E-state index in [0.29, 0.717) is 5.75 Å². The first-order chi connectivity index (χ1) is 5.65. The van der Waals surface area contributed by atoms with Gasteiger partial charge in [0.1, 0.15) is 11.4 Å². The molecule has 0 aliphatic heterocycles. The molecule has 0 saturated heterocycles. The Labute approximate surface area is 69.2 Å². The molecular formula is C8H8FNO2. The zero-order valence-electron chi connectivity index (χ0n) is 6.80. The van der Waals surface area contributed by atoms with Crippen LogP contribution in [0.25, 0.3) is 0 Å². The summed E-state index contributed by atoms with van der Waals surface area (Å²) >= 11 is 0. The molecule has 1 rings (SSSR count). The van der Waals surface area contributed by atoms with E-state index in [1.165, 1.54) is 20.2 Å². The van der Waals surface area contributed by atoms with Crippen LogP contribution in [-0.2, 0) is 0 Å². The van der Waals surface area contributed by atoms with E-state index < -0.39 is 11.6 Å². The lowest BCUT2D eigenvalue weighted by atomic mass is 10.2. The van der Waals surface area contributed by atoms with Crippen molar-refractivity contribution in [3.8, 4) is 5.75 Å². The van der Waals surface area contributed by atoms with Crippen molar-refractivity contribution in [3.05, 3.63) is 23.8 Å². The number of hydrogen-bond donors (Lipinski definition) is 0. The van der Waals surface area contributed by atoms with Crippen molar-refractivity contribution < 1.29 is 13.9 Å². The molecule has 1 aromatic rings. The van der Waals surface area contributed by atoms with Crippen LogP contribution in [0.4, 0.5) is 4.39 Å². The molecule has 0 radical (unpaired) electrons. The number of halogens is 1. The third kappa shape index (κ3) is 1.58. The minimum atomic E-state index is -0.651. The van der Waals surface area contributed by atoms with E-state index in [2.05, 4.69) is 4.98 Å². The molecule has 3 nitrogen and oxygen atoms in total. The molecule has 4 heteroatoms. The number of pyridine rings is 1. The number of hydrogen-bond acceptors (Lipinski definition) is 3. The van der Waals surface area contributed by atoms with Gasteiger partial charge in [0, 0.05) is 13.0 Å². The molecule has 12 heavy (non-hydrogen) atoms. The first-order valence-electron chi connectivity index (χ1n) is 3.35. The van der Waals surface area contributed by atoms with Crippen LogP contribution < -0.4 is 4.74 Å². The Bertz CT molecular complexity index is 312. The molecule has 0 amide bonds. The summed E-state index contributed by atoms with van der Waals surface area (Å²) in [4.78, 5) is 14.3. The van der Waals surface area contributed by atoms with Crippen molar-refractivity contribution in [2.75, 3.05) is 7.11 Å². The summed E-state index contributed by atoms with van der Waals surface area (Å²) < 4.78 is 17.6. The number of carbonyl (C=O) groups is 1. The number of rotatable bonds is 2. The second-order valence-electron chi connectivity index (χ2n) is 2.26. The fraction of sp³-hybridized carbons (Fsp3) is 0.250. The molecule has 0 spiro atoms. The highest BCUT2D eigenvalue weighted by Crippen LogP contribution is 2.13. The average Bonchev–Trinajstić information content (AvgIpc) is 2.03. The zero-order valence-corrected chi connectivity index (χ0v) is 6.80. The van der Waals surface area contributed by atoms with Gasteiger partial charge in [-0.1, -0.05) is 0 Å². The average molecular weight is 169 g/mol. The predicted molar refractivity (Wildman–Crippen MR) is 40.8 cm³/mol. The molecule has 1 heterocycles. The Morgan fingerprint density at radius 3 is 2.75 bits per heavy atom. The van der Waals surface area contributed by atoms with Crippen LogP contribution in [0.1, 0.15) is 17.4 Å². The van der Waals surface area contributed by atoms with E-state index in [-0.39, 0.29) is 5.69 Å². The maximum absolute atomic E-state index is 12.9. The molecule has 0 fully saturated rings. The summed E-state index contributed by atoms with van der Waals surface area (Å²) in [7, 11) is 1.41. The Morgan fingerprint density at radius 2 is 2.33 bits per heavy atom. The summed E-state index contributed by atoms with van der Waals surface area (Å²) in [6, 6.07) is 1.13. The van der Waals surface area contributed by atoms with Gasteiger partial charge < -0.3 is 4.74 Å². The van der Waals surface area contributed by atoms with E-state index in [1.54, 1.807) is 0 Å². The summed E-state index contributed by atoms with van der Waals surface area (Å²) in [5.74, 6) is -0.741. The third-order valence-electron chi connectivity index (χ3n) is 1.39. The van der Waals surface area contributed by atoms with Gasteiger partial charge in [0.05, 0.1) is 13.3 Å². The highest BCUT2D eigenvalue weighted by atomic mass is 19.1. The summed E-state index contributed by atoms with van der Waals surface area (Å²) in [6.45, 7) is 1.26. The SMILES string of the molecule is COc1cnc(C(C)=O)c(F)c1. The van der Waals surface area contributed by atoms with Gasteiger partial charge >= 0.3 is 0 Å². The first-order valence-corrected chi connectivity index (χ1v) is 3.35. The van der Waals surface area contributed by atoms with Crippen molar-refractivity contribution in [1.29, 1.82) is 0 Å². The fourth-order valence-corrected chi connectivity index (χ4v) is 0.791. The van der Waals surface area contributed by atoms with Gasteiger partial charge in [-0.15, -0.1) is 0 Å². The Kier molecular flexibility index (Phi) is 2.38. The van der Waals surface area contributed by atoms with Crippen molar-refractivity contribution >= 4 is 5.78 Å². The van der Waals surface area contributed by atoms with Crippen molar-refractivity contribution in [2.24, 2.45) is 0 Å². The largest absolute Gasteiger partial charge is 0.495 e. The van der Waals surface area contributed by atoms with Gasteiger partial charge in [-0.2, -0.15) is 0 Å². The number of aromatic nitrogens is 1. The summed E-state index contributed by atoms with van der Waals surface area (Å²) in [5, 5.41) is 0. The van der Waals surface area contributed by atoms with Gasteiger partial charge in [0.2, 0.25) is 0 Å². The molecule has 0 saturated carbocycles. The molecule has 0 N–H and O–H groups in total. The van der Waals surface area contributed by atoms with Crippen molar-refractivity contribution in [3.63, 3.8) is 0 Å². The number of methoxy groups -OCH3 is 1. The van der Waals surface area contributed by atoms with Crippen LogP contribution in [0.2, 0.25) is 0 Å². The molecule has 0 unspecified atom stereocenters. The van der Waals surface area contributed by atoms with Crippen molar-refractivity contribution in [2.45, 2.75) is 6.92 Å². The topological polar surface area (TPSA) is 39.2 Å². The van der Waals surface area contributed by atoms with E-state index in [0.717, 1.165) is 6.07 Å². The molecule has 64 valence electrons. The summed E-state index contributed by atoms with van der Waals surface area (Å²) in [5.41, 5.74) is -0.157. The number of carbonyl (C=O) groups excluding carboxylic acids is 1. The molecule has 0 bridgehead atoms. The van der Waals surface area contributed by atoms with Crippen LogP contribution >= 0.6 is 0 Å². The monoisotopic (exact) mass is 169 g/mol. The van der Waals surface area contributed by atoms with Gasteiger partial charge in [-0.3, -0.25) is 4.79 Å². The van der Waals surface area contributed by atoms with E-state index in [4.69, 9.17) is 4.74 Å². The predicted octanol–water partition coefficient (Wildman–Crippen LogP) is 1.43. The highest BCUT2D eigenvalue weighted by molar-refractivity contribution is 5.92. The fourth-order valence-electron chi connectivity index (χ4n) is 0.791. The smallest absolute Gasteiger partial charge is 0.181 e. The maximum atomic E-state index is 12.9. The van der Waals surface area contributed by atoms with E-state index in [1.807, 2.05) is 0 Å². The minimum absolute atomic E-state index is 0.157. The standard InChI is InChI=1S/C8H8FNO2/c1-5(11)8-7(9)3-6(12-2)4-10-8/h3-4H,1-2H3. The first kappa shape index (κ1) is 8.64. The molecular weight excluding hydrogens is 161 g/mol. The lowest BCUT2D eigenvalue weighted by Crippen LogP contribution is -2.01. The van der Waals surface area contributed by atoms with E-state index in [9.17, 15) is 9.18 Å². The molecule has 0 aliphatic rings. The molecule has 0 aliphatic carbocycles. The maximum Gasteiger partial charge on any atom is 0.181 e. The molecule has 0 atom stereocenters. The highest BCUT2D eigenvalue weighted by Gasteiger charge is 2.09. The second kappa shape index (κ2) is 3.30. The lowest BCUT2D eigenvalue weighted by molar-refractivity contribution is 0.100. The normalized spacial score (nSPS) is 9.58. The van der Waals surface area contributed by atoms with Gasteiger partial charge in [-0.25, -0.2) is 9.37 Å². The van der Waals surface area contributed by atoms with Crippen LogP contribution in [0.5, 0.6) is 5.75 Å². The van der Waals surface area contributed by atoms with E-state index >= 15 is 0 Å². The van der Waals surface area contributed by atoms with Crippen LogP contribution in [0, 0.1) is 5.82 Å². The lowest BCUT2D eigenvalue weighted by Gasteiger charge is -2.00. The van der Waals surface area contributed by atoms with Gasteiger partial charge in [-0.05, 0) is 0 Å². The molecule has 0 aromatic carbocycles. The number of nitrogens with zero attached hydrogens (tertiary/aromatic N) is 1. The number of Topliss-reactive ketones (excluding diaryl/α,β-unsaturated/α-hetero) is 1.